The summed E-state index contributed by atoms with van der Waals surface area (Å²) in [5.74, 6) is 0.641. The van der Waals surface area contributed by atoms with Crippen LogP contribution in [0.25, 0.3) is 0 Å². The highest BCUT2D eigenvalue weighted by molar-refractivity contribution is 5.57. The summed E-state index contributed by atoms with van der Waals surface area (Å²) in [5.41, 5.74) is 9.71. The van der Waals surface area contributed by atoms with E-state index >= 15 is 0 Å². The molecule has 0 spiro atoms. The van der Waals surface area contributed by atoms with E-state index in [0.717, 1.165) is 11.1 Å². The van der Waals surface area contributed by atoms with Gasteiger partial charge in [-0.3, -0.25) is 9.78 Å². The van der Waals surface area contributed by atoms with Crippen LogP contribution in [0.4, 0.5) is 0 Å². The molecule has 4 aromatic rings. The normalized spacial score (nSPS) is 14.2. The fraction of sp³-hybridized carbons (Fsp3) is 0.194. The van der Waals surface area contributed by atoms with Gasteiger partial charge in [0.2, 0.25) is 5.88 Å². The van der Waals surface area contributed by atoms with Gasteiger partial charge in [-0.15, -0.1) is 0 Å². The molecule has 0 saturated heterocycles. The molecule has 5 rings (SSSR count). The summed E-state index contributed by atoms with van der Waals surface area (Å²) in [6, 6.07) is 22.9. The number of benzene rings is 2. The molecular weight excluding hydrogens is 492 g/mol. The lowest BCUT2D eigenvalue weighted by atomic mass is 9.84. The van der Waals surface area contributed by atoms with E-state index in [2.05, 4.69) is 11.1 Å². The Morgan fingerprint density at radius 1 is 1.05 bits per heavy atom. The summed E-state index contributed by atoms with van der Waals surface area (Å²) in [4.78, 5) is 18.1. The van der Waals surface area contributed by atoms with Crippen molar-refractivity contribution in [3.8, 4) is 23.3 Å². The Bertz CT molecular complexity index is 1620. The molecule has 0 bridgehead atoms. The second kappa shape index (κ2) is 11.2. The average molecular weight is 521 g/mol. The molecule has 0 radical (unpaired) electrons. The number of nitriles is 1. The number of ether oxygens (including phenoxy) is 3. The zero-order valence-electron chi connectivity index (χ0n) is 21.8. The minimum atomic E-state index is -0.741. The van der Waals surface area contributed by atoms with E-state index in [-0.39, 0.29) is 17.0 Å². The van der Waals surface area contributed by atoms with Crippen LogP contribution in [0.5, 0.6) is 17.2 Å². The molecule has 0 amide bonds. The molecule has 1 atom stereocenters. The van der Waals surface area contributed by atoms with Gasteiger partial charge in [0.05, 0.1) is 24.6 Å². The molecule has 196 valence electrons. The molecule has 2 aromatic carbocycles. The maximum Gasteiger partial charge on any atom is 0.259 e. The van der Waals surface area contributed by atoms with Crippen LogP contribution in [-0.2, 0) is 13.2 Å². The number of aromatic nitrogens is 2. The van der Waals surface area contributed by atoms with Gasteiger partial charge in [0, 0.05) is 24.2 Å². The second-order valence-electron chi connectivity index (χ2n) is 9.15. The fourth-order valence-corrected chi connectivity index (χ4v) is 4.72. The third-order valence-electron chi connectivity index (χ3n) is 6.59. The van der Waals surface area contributed by atoms with Gasteiger partial charge in [-0.25, -0.2) is 0 Å². The zero-order chi connectivity index (χ0) is 27.4. The molecule has 0 saturated carbocycles. The molecular formula is C31H28N4O4. The standard InChI is InChI=1S/C31H28N4O4/c1-3-37-26-15-23(11-12-25(26)38-19-21-8-5-4-6-9-21)28-24(16-32)30(33)39-27-14-20(2)35(31(36)29(27)28)18-22-10-7-13-34-17-22/h4-15,17,28H,3,18-19,33H2,1-2H3/t28-/m1/s1. The Morgan fingerprint density at radius 3 is 2.56 bits per heavy atom. The monoisotopic (exact) mass is 520 g/mol. The lowest BCUT2D eigenvalue weighted by Gasteiger charge is -2.28. The van der Waals surface area contributed by atoms with Crippen molar-refractivity contribution in [1.82, 2.24) is 9.55 Å². The highest BCUT2D eigenvalue weighted by Gasteiger charge is 2.35. The van der Waals surface area contributed by atoms with Crippen LogP contribution >= 0.6 is 0 Å². The number of aryl methyl sites for hydroxylation is 1. The largest absolute Gasteiger partial charge is 0.490 e. The number of nitrogens with zero attached hydrogens (tertiary/aromatic N) is 3. The summed E-state index contributed by atoms with van der Waals surface area (Å²) in [7, 11) is 0. The van der Waals surface area contributed by atoms with Crippen LogP contribution < -0.4 is 25.5 Å². The molecule has 3 heterocycles. The van der Waals surface area contributed by atoms with Gasteiger partial charge < -0.3 is 24.5 Å². The Hall–Kier alpha value is -5.03. The molecule has 1 aliphatic heterocycles. The molecule has 0 unspecified atom stereocenters. The summed E-state index contributed by atoms with van der Waals surface area (Å²) in [5, 5.41) is 10.1. The summed E-state index contributed by atoms with van der Waals surface area (Å²) >= 11 is 0. The SMILES string of the molecule is CCOc1cc([C@@H]2C(C#N)=C(N)Oc3cc(C)n(Cc4cccnc4)c(=O)c32)ccc1OCc1ccccc1. The van der Waals surface area contributed by atoms with Crippen LogP contribution in [0.1, 0.15) is 40.8 Å². The van der Waals surface area contributed by atoms with Gasteiger partial charge >= 0.3 is 0 Å². The topological polar surface area (TPSA) is 112 Å². The molecule has 8 heteroatoms. The van der Waals surface area contributed by atoms with Crippen molar-refractivity contribution in [3.63, 3.8) is 0 Å². The van der Waals surface area contributed by atoms with Crippen molar-refractivity contribution in [2.24, 2.45) is 5.73 Å². The lowest BCUT2D eigenvalue weighted by molar-refractivity contribution is 0.269. The van der Waals surface area contributed by atoms with E-state index < -0.39 is 5.92 Å². The Balaban J connectivity index is 1.59. The quantitative estimate of drug-likeness (QED) is 0.355. The predicted molar refractivity (Wildman–Crippen MR) is 146 cm³/mol. The van der Waals surface area contributed by atoms with Crippen molar-refractivity contribution >= 4 is 0 Å². The Kier molecular flexibility index (Phi) is 7.32. The van der Waals surface area contributed by atoms with E-state index in [4.69, 9.17) is 19.9 Å². The van der Waals surface area contributed by atoms with Crippen LogP contribution in [0.2, 0.25) is 0 Å². The minimum Gasteiger partial charge on any atom is -0.490 e. The number of rotatable bonds is 8. The number of hydrogen-bond acceptors (Lipinski definition) is 7. The van der Waals surface area contributed by atoms with E-state index in [1.54, 1.807) is 35.2 Å². The first-order valence-electron chi connectivity index (χ1n) is 12.6. The molecule has 2 aromatic heterocycles. The van der Waals surface area contributed by atoms with E-state index in [9.17, 15) is 10.1 Å². The molecule has 8 nitrogen and oxygen atoms in total. The number of allylic oxidation sites excluding steroid dienone is 1. The van der Waals surface area contributed by atoms with Crippen LogP contribution in [0, 0.1) is 18.3 Å². The predicted octanol–water partition coefficient (Wildman–Crippen LogP) is 4.80. The second-order valence-corrected chi connectivity index (χ2v) is 9.15. The smallest absolute Gasteiger partial charge is 0.259 e. The first-order valence-corrected chi connectivity index (χ1v) is 12.6. The van der Waals surface area contributed by atoms with Gasteiger partial charge in [-0.05, 0) is 48.7 Å². The zero-order valence-corrected chi connectivity index (χ0v) is 21.8. The van der Waals surface area contributed by atoms with E-state index in [1.165, 1.54) is 0 Å². The van der Waals surface area contributed by atoms with Crippen molar-refractivity contribution in [2.75, 3.05) is 6.61 Å². The minimum absolute atomic E-state index is 0.0267. The van der Waals surface area contributed by atoms with Gasteiger partial charge in [-0.2, -0.15) is 5.26 Å². The number of hydrogen-bond donors (Lipinski definition) is 1. The first kappa shape index (κ1) is 25.6. The first-order chi connectivity index (χ1) is 19.0. The Morgan fingerprint density at radius 2 is 1.85 bits per heavy atom. The molecule has 0 fully saturated rings. The van der Waals surface area contributed by atoms with E-state index in [1.807, 2.05) is 62.4 Å². The summed E-state index contributed by atoms with van der Waals surface area (Å²) in [6.07, 6.45) is 3.41. The van der Waals surface area contributed by atoms with Crippen molar-refractivity contribution in [1.29, 1.82) is 5.26 Å². The Labute approximate surface area is 226 Å². The van der Waals surface area contributed by atoms with Gasteiger partial charge in [-0.1, -0.05) is 42.5 Å². The van der Waals surface area contributed by atoms with Crippen LogP contribution in [-0.4, -0.2) is 16.2 Å². The average Bonchev–Trinajstić information content (AvgIpc) is 2.95. The van der Waals surface area contributed by atoms with Gasteiger partial charge in [0.25, 0.3) is 5.56 Å². The molecule has 0 aliphatic carbocycles. The number of fused-ring (bicyclic) bond motifs is 1. The number of pyridine rings is 2. The van der Waals surface area contributed by atoms with Crippen molar-refractivity contribution in [2.45, 2.75) is 32.9 Å². The third kappa shape index (κ3) is 5.20. The van der Waals surface area contributed by atoms with Crippen LogP contribution in [0.15, 0.2) is 95.4 Å². The van der Waals surface area contributed by atoms with Gasteiger partial charge in [0.1, 0.15) is 24.0 Å². The van der Waals surface area contributed by atoms with Crippen molar-refractivity contribution in [3.05, 3.63) is 129 Å². The molecule has 1 aliphatic rings. The van der Waals surface area contributed by atoms with Crippen molar-refractivity contribution < 1.29 is 14.2 Å². The molecule has 2 N–H and O–H groups in total. The maximum atomic E-state index is 14.0. The molecule has 39 heavy (non-hydrogen) atoms. The van der Waals surface area contributed by atoms with Crippen LogP contribution in [0.3, 0.4) is 0 Å². The lowest BCUT2D eigenvalue weighted by Crippen LogP contribution is -2.33. The van der Waals surface area contributed by atoms with Gasteiger partial charge in [0.15, 0.2) is 11.5 Å². The third-order valence-corrected chi connectivity index (χ3v) is 6.59. The summed E-state index contributed by atoms with van der Waals surface area (Å²) in [6.45, 7) is 4.83. The summed E-state index contributed by atoms with van der Waals surface area (Å²) < 4.78 is 19.4. The van der Waals surface area contributed by atoms with E-state index in [0.29, 0.717) is 53.8 Å². The number of nitrogens with two attached hydrogens (primary N) is 1. The highest BCUT2D eigenvalue weighted by atomic mass is 16.5. The fourth-order valence-electron chi connectivity index (χ4n) is 4.72. The maximum absolute atomic E-state index is 14.0. The highest BCUT2D eigenvalue weighted by Crippen LogP contribution is 2.43.